The van der Waals surface area contributed by atoms with Crippen molar-refractivity contribution in [1.82, 2.24) is 4.98 Å². The van der Waals surface area contributed by atoms with Gasteiger partial charge in [-0.25, -0.2) is 0 Å². The highest BCUT2D eigenvalue weighted by Crippen LogP contribution is 2.24. The third-order valence-corrected chi connectivity index (χ3v) is 5.01. The maximum Gasteiger partial charge on any atom is 0.265 e. The Hall–Kier alpha value is -3.30. The quantitative estimate of drug-likeness (QED) is 0.595. The number of nitrogens with one attached hydrogen (secondary N) is 1. The largest absolute Gasteiger partial charge is 0.480 e. The molecule has 5 nitrogen and oxygen atoms in total. The highest BCUT2D eigenvalue weighted by Gasteiger charge is 2.16. The van der Waals surface area contributed by atoms with Gasteiger partial charge in [0.1, 0.15) is 11.8 Å². The Morgan fingerprint density at radius 2 is 1.96 bits per heavy atom. The molecular weight excluding hydrogens is 370 g/mol. The van der Waals surface area contributed by atoms with Gasteiger partial charge >= 0.3 is 0 Å². The number of nitrogens with zero attached hydrogens (tertiary/aromatic N) is 2. The Morgan fingerprint density at radius 3 is 2.68 bits per heavy atom. The molecule has 1 atom stereocenters. The zero-order valence-electron chi connectivity index (χ0n) is 15.3. The number of aromatic nitrogens is 1. The SMILES string of the molecule is CC(Oc1ccccc1C#N)C(=O)Nc1ccc(SCc2cccnc2)cc1. The molecule has 28 heavy (non-hydrogen) atoms. The van der Waals surface area contributed by atoms with Gasteiger partial charge in [-0.2, -0.15) is 5.26 Å². The average molecular weight is 389 g/mol. The van der Waals surface area contributed by atoms with E-state index in [4.69, 9.17) is 10.00 Å². The molecule has 1 heterocycles. The van der Waals surface area contributed by atoms with E-state index >= 15 is 0 Å². The van der Waals surface area contributed by atoms with Crippen LogP contribution in [0.1, 0.15) is 18.1 Å². The third kappa shape index (κ3) is 5.35. The fraction of sp³-hybridized carbons (Fsp3) is 0.136. The Morgan fingerprint density at radius 1 is 1.18 bits per heavy atom. The van der Waals surface area contributed by atoms with Crippen LogP contribution >= 0.6 is 11.8 Å². The van der Waals surface area contributed by atoms with Gasteiger partial charge in [-0.15, -0.1) is 11.8 Å². The highest BCUT2D eigenvalue weighted by molar-refractivity contribution is 7.98. The molecule has 3 rings (SSSR count). The number of para-hydroxylation sites is 1. The van der Waals surface area contributed by atoms with Crippen LogP contribution in [0, 0.1) is 11.3 Å². The zero-order chi connectivity index (χ0) is 19.8. The van der Waals surface area contributed by atoms with E-state index in [-0.39, 0.29) is 5.91 Å². The lowest BCUT2D eigenvalue weighted by Gasteiger charge is -2.15. The third-order valence-electron chi connectivity index (χ3n) is 3.93. The van der Waals surface area contributed by atoms with E-state index in [0.29, 0.717) is 17.0 Å². The molecule has 0 spiro atoms. The first-order valence-corrected chi connectivity index (χ1v) is 9.72. The molecule has 6 heteroatoms. The van der Waals surface area contributed by atoms with Crippen molar-refractivity contribution in [2.24, 2.45) is 0 Å². The molecule has 1 amide bonds. The summed E-state index contributed by atoms with van der Waals surface area (Å²) in [6, 6.07) is 20.5. The molecule has 0 radical (unpaired) electrons. The van der Waals surface area contributed by atoms with Gasteiger partial charge in [-0.05, 0) is 55.0 Å². The maximum atomic E-state index is 12.4. The Labute approximate surface area is 168 Å². The van der Waals surface area contributed by atoms with Gasteiger partial charge in [-0.1, -0.05) is 18.2 Å². The van der Waals surface area contributed by atoms with Crippen molar-refractivity contribution in [3.8, 4) is 11.8 Å². The number of rotatable bonds is 7. The normalized spacial score (nSPS) is 11.3. The fourth-order valence-corrected chi connectivity index (χ4v) is 3.27. The standard InChI is InChI=1S/C22H19N3O2S/c1-16(27-21-7-3-2-6-18(21)13-23)22(26)25-19-8-10-20(11-9-19)28-15-17-5-4-12-24-14-17/h2-12,14,16H,15H2,1H3,(H,25,26). The van der Waals surface area contributed by atoms with Crippen LogP contribution in [0.15, 0.2) is 78.0 Å². The minimum atomic E-state index is -0.728. The molecule has 0 aliphatic heterocycles. The number of hydrogen-bond donors (Lipinski definition) is 1. The molecule has 1 unspecified atom stereocenters. The number of amides is 1. The second-order valence-corrected chi connectivity index (χ2v) is 7.08. The van der Waals surface area contributed by atoms with Crippen molar-refractivity contribution < 1.29 is 9.53 Å². The Bertz CT molecular complexity index is 969. The number of carbonyl (C=O) groups is 1. The minimum Gasteiger partial charge on any atom is -0.480 e. The van der Waals surface area contributed by atoms with Gasteiger partial charge < -0.3 is 10.1 Å². The number of hydrogen-bond acceptors (Lipinski definition) is 5. The summed E-state index contributed by atoms with van der Waals surface area (Å²) >= 11 is 1.71. The number of benzene rings is 2. The number of carbonyl (C=O) groups excluding carboxylic acids is 1. The van der Waals surface area contributed by atoms with E-state index in [2.05, 4.69) is 16.4 Å². The topological polar surface area (TPSA) is 75.0 Å². The van der Waals surface area contributed by atoms with Crippen LogP contribution in [0.3, 0.4) is 0 Å². The molecule has 2 aromatic carbocycles. The molecule has 0 bridgehead atoms. The van der Waals surface area contributed by atoms with Crippen molar-refractivity contribution in [2.45, 2.75) is 23.7 Å². The summed E-state index contributed by atoms with van der Waals surface area (Å²) < 4.78 is 5.64. The lowest BCUT2D eigenvalue weighted by atomic mass is 10.2. The van der Waals surface area contributed by atoms with Crippen molar-refractivity contribution in [3.63, 3.8) is 0 Å². The first kappa shape index (κ1) is 19.5. The van der Waals surface area contributed by atoms with Gasteiger partial charge in [0.05, 0.1) is 5.56 Å². The summed E-state index contributed by atoms with van der Waals surface area (Å²) in [7, 11) is 0. The van der Waals surface area contributed by atoms with E-state index < -0.39 is 6.10 Å². The van der Waals surface area contributed by atoms with Gasteiger partial charge in [0.2, 0.25) is 0 Å². The first-order valence-electron chi connectivity index (χ1n) is 8.74. The predicted molar refractivity (Wildman–Crippen MR) is 110 cm³/mol. The Kier molecular flexibility index (Phi) is 6.66. The molecule has 3 aromatic rings. The van der Waals surface area contributed by atoms with E-state index in [1.165, 1.54) is 0 Å². The number of nitriles is 1. The molecule has 1 aromatic heterocycles. The molecule has 0 aliphatic carbocycles. The van der Waals surface area contributed by atoms with E-state index in [0.717, 1.165) is 16.2 Å². The molecule has 140 valence electrons. The van der Waals surface area contributed by atoms with Crippen molar-refractivity contribution in [3.05, 3.63) is 84.2 Å². The van der Waals surface area contributed by atoms with Crippen LogP contribution in [0.25, 0.3) is 0 Å². The van der Waals surface area contributed by atoms with Gasteiger partial charge in [0.15, 0.2) is 6.10 Å². The number of anilines is 1. The maximum absolute atomic E-state index is 12.4. The minimum absolute atomic E-state index is 0.275. The number of pyridine rings is 1. The lowest BCUT2D eigenvalue weighted by Crippen LogP contribution is -2.30. The molecule has 1 N–H and O–H groups in total. The fourth-order valence-electron chi connectivity index (χ4n) is 2.43. The Balaban J connectivity index is 1.54. The predicted octanol–water partition coefficient (Wildman–Crippen LogP) is 4.65. The van der Waals surface area contributed by atoms with Crippen LogP contribution in [0.2, 0.25) is 0 Å². The van der Waals surface area contributed by atoms with Crippen molar-refractivity contribution >= 4 is 23.4 Å². The summed E-state index contributed by atoms with van der Waals surface area (Å²) in [5.74, 6) is 0.959. The summed E-state index contributed by atoms with van der Waals surface area (Å²) in [5, 5.41) is 11.9. The molecule has 0 fully saturated rings. The second-order valence-electron chi connectivity index (χ2n) is 6.03. The summed E-state index contributed by atoms with van der Waals surface area (Å²) in [6.07, 6.45) is 2.89. The molecule has 0 saturated heterocycles. The zero-order valence-corrected chi connectivity index (χ0v) is 16.1. The van der Waals surface area contributed by atoms with Crippen LogP contribution in [0.5, 0.6) is 5.75 Å². The van der Waals surface area contributed by atoms with Crippen LogP contribution < -0.4 is 10.1 Å². The summed E-state index contributed by atoms with van der Waals surface area (Å²) in [6.45, 7) is 1.65. The molecular formula is C22H19N3O2S. The van der Waals surface area contributed by atoms with Gasteiger partial charge in [-0.3, -0.25) is 9.78 Å². The van der Waals surface area contributed by atoms with E-state index in [1.54, 1.807) is 49.1 Å². The van der Waals surface area contributed by atoms with Crippen LogP contribution in [-0.2, 0) is 10.5 Å². The number of ether oxygens (including phenoxy) is 1. The number of thioether (sulfide) groups is 1. The molecule has 0 aliphatic rings. The average Bonchev–Trinajstić information content (AvgIpc) is 2.74. The second kappa shape index (κ2) is 9.58. The van der Waals surface area contributed by atoms with E-state index in [1.807, 2.05) is 42.6 Å². The lowest BCUT2D eigenvalue weighted by molar-refractivity contribution is -0.122. The first-order chi connectivity index (χ1) is 13.7. The monoisotopic (exact) mass is 389 g/mol. The van der Waals surface area contributed by atoms with Gasteiger partial charge in [0.25, 0.3) is 5.91 Å². The van der Waals surface area contributed by atoms with Crippen molar-refractivity contribution in [1.29, 1.82) is 5.26 Å². The van der Waals surface area contributed by atoms with Crippen LogP contribution in [-0.4, -0.2) is 17.0 Å². The van der Waals surface area contributed by atoms with E-state index in [9.17, 15) is 4.79 Å². The van der Waals surface area contributed by atoms with Crippen LogP contribution in [0.4, 0.5) is 5.69 Å². The molecule has 0 saturated carbocycles. The van der Waals surface area contributed by atoms with Crippen molar-refractivity contribution in [2.75, 3.05) is 5.32 Å². The summed E-state index contributed by atoms with van der Waals surface area (Å²) in [4.78, 5) is 17.6. The smallest absolute Gasteiger partial charge is 0.265 e. The van der Waals surface area contributed by atoms with Gasteiger partial charge in [0, 0.05) is 28.7 Å². The highest BCUT2D eigenvalue weighted by atomic mass is 32.2. The summed E-state index contributed by atoms with van der Waals surface area (Å²) in [5.41, 5.74) is 2.25.